The molecule has 2 aliphatic heterocycles. The number of aliphatic imine (C=N–C) groups is 1. The van der Waals surface area contributed by atoms with Crippen LogP contribution in [0.1, 0.15) is 38.3 Å². The van der Waals surface area contributed by atoms with Gasteiger partial charge in [0.05, 0.1) is 33.9 Å². The van der Waals surface area contributed by atoms with Gasteiger partial charge in [-0.15, -0.1) is 0 Å². The Hall–Kier alpha value is -4.22. The van der Waals surface area contributed by atoms with Gasteiger partial charge in [0.1, 0.15) is 0 Å². The van der Waals surface area contributed by atoms with Gasteiger partial charge in [0.25, 0.3) is 11.8 Å². The number of imide groups is 1. The van der Waals surface area contributed by atoms with Crippen LogP contribution in [0.2, 0.25) is 5.02 Å². The summed E-state index contributed by atoms with van der Waals surface area (Å²) < 4.78 is 0. The van der Waals surface area contributed by atoms with Crippen LogP contribution in [0.5, 0.6) is 0 Å². The van der Waals surface area contributed by atoms with E-state index in [2.05, 4.69) is 17.0 Å². The monoisotopic (exact) mass is 491 g/mol. The summed E-state index contributed by atoms with van der Waals surface area (Å²) in [7, 11) is 0. The van der Waals surface area contributed by atoms with E-state index >= 15 is 0 Å². The molecular formula is C30H22ClN3O2. The van der Waals surface area contributed by atoms with Crippen molar-refractivity contribution >= 4 is 46.2 Å². The summed E-state index contributed by atoms with van der Waals surface area (Å²) in [6.07, 6.45) is 0.607. The van der Waals surface area contributed by atoms with E-state index < -0.39 is 0 Å². The first-order chi connectivity index (χ1) is 17.6. The van der Waals surface area contributed by atoms with Gasteiger partial charge in [-0.3, -0.25) is 14.5 Å². The molecule has 5 nitrogen and oxygen atoms in total. The molecule has 0 saturated carbocycles. The van der Waals surface area contributed by atoms with Crippen LogP contribution < -0.4 is 4.90 Å². The van der Waals surface area contributed by atoms with Gasteiger partial charge in [-0.2, -0.15) is 0 Å². The second-order valence-corrected chi connectivity index (χ2v) is 9.17. The van der Waals surface area contributed by atoms with Crippen LogP contribution in [-0.2, 0) is 0 Å². The Kier molecular flexibility index (Phi) is 5.62. The van der Waals surface area contributed by atoms with E-state index in [1.54, 1.807) is 24.3 Å². The quantitative estimate of drug-likeness (QED) is 0.294. The molecule has 2 amide bonds. The van der Waals surface area contributed by atoms with Gasteiger partial charge in [0, 0.05) is 29.2 Å². The summed E-state index contributed by atoms with van der Waals surface area (Å²) in [6, 6.07) is 30.9. The van der Waals surface area contributed by atoms with Crippen molar-refractivity contribution in [2.45, 2.75) is 6.42 Å². The van der Waals surface area contributed by atoms with Crippen LogP contribution in [0.25, 0.3) is 0 Å². The molecule has 0 saturated heterocycles. The molecule has 0 unspecified atom stereocenters. The largest absolute Gasteiger partial charge is 0.339 e. The van der Waals surface area contributed by atoms with Crippen LogP contribution >= 0.6 is 11.6 Å². The summed E-state index contributed by atoms with van der Waals surface area (Å²) in [4.78, 5) is 34.3. The van der Waals surface area contributed by atoms with E-state index in [9.17, 15) is 9.59 Å². The summed E-state index contributed by atoms with van der Waals surface area (Å²) in [5.41, 5.74) is 6.42. The third-order valence-electron chi connectivity index (χ3n) is 6.63. The third kappa shape index (κ3) is 3.69. The summed E-state index contributed by atoms with van der Waals surface area (Å²) in [5.74, 6) is -0.451. The van der Waals surface area contributed by atoms with E-state index in [0.717, 1.165) is 33.9 Å². The fourth-order valence-electron chi connectivity index (χ4n) is 4.94. The zero-order chi connectivity index (χ0) is 24.6. The molecule has 4 aromatic carbocycles. The molecule has 0 atom stereocenters. The molecule has 4 aromatic rings. The average Bonchev–Trinajstić information content (AvgIpc) is 3.07. The summed E-state index contributed by atoms with van der Waals surface area (Å²) >= 11 is 6.60. The zero-order valence-electron chi connectivity index (χ0n) is 19.4. The van der Waals surface area contributed by atoms with Gasteiger partial charge in [-0.1, -0.05) is 72.3 Å². The Balaban J connectivity index is 1.34. The number of carbonyl (C=O) groups excluding carboxylic acids is 2. The number of amides is 2. The van der Waals surface area contributed by atoms with E-state index in [0.29, 0.717) is 35.7 Å². The van der Waals surface area contributed by atoms with Crippen molar-refractivity contribution in [1.29, 1.82) is 0 Å². The lowest BCUT2D eigenvalue weighted by atomic mass is 10.00. The Bertz CT molecular complexity index is 1510. The maximum absolute atomic E-state index is 12.8. The second kappa shape index (κ2) is 9.10. The predicted molar refractivity (Wildman–Crippen MR) is 143 cm³/mol. The Morgan fingerprint density at radius 2 is 1.11 bits per heavy atom. The smallest absolute Gasteiger partial charge is 0.261 e. The minimum atomic E-state index is -0.225. The number of rotatable bonds is 5. The molecule has 6 heteroatoms. The van der Waals surface area contributed by atoms with Gasteiger partial charge in [0.2, 0.25) is 0 Å². The van der Waals surface area contributed by atoms with Gasteiger partial charge in [-0.25, -0.2) is 4.99 Å². The normalized spacial score (nSPS) is 14.2. The lowest BCUT2D eigenvalue weighted by Crippen LogP contribution is -2.33. The molecule has 0 N–H and O–H groups in total. The number of hydrogen-bond donors (Lipinski definition) is 0. The number of para-hydroxylation sites is 3. The second-order valence-electron chi connectivity index (χ2n) is 8.76. The molecule has 6 rings (SSSR count). The molecule has 0 aliphatic carbocycles. The standard InChI is InChI=1S/C30H22ClN3O2/c31-24-14-5-3-12-22(24)28-23-13-4-7-16-26(23)33(27-17-8-6-15-25(27)32-28)18-9-19-34-29(35)20-10-1-2-11-21(20)30(34)36/h1-8,10-17H,9,18-19H2. The fourth-order valence-corrected chi connectivity index (χ4v) is 5.16. The Morgan fingerprint density at radius 3 is 1.81 bits per heavy atom. The maximum Gasteiger partial charge on any atom is 0.261 e. The van der Waals surface area contributed by atoms with Crippen LogP contribution in [-0.4, -0.2) is 35.5 Å². The van der Waals surface area contributed by atoms with Gasteiger partial charge >= 0.3 is 0 Å². The van der Waals surface area contributed by atoms with E-state index in [4.69, 9.17) is 16.6 Å². The third-order valence-corrected chi connectivity index (χ3v) is 6.95. The Labute approximate surface area is 214 Å². The summed E-state index contributed by atoms with van der Waals surface area (Å²) in [5, 5.41) is 0.641. The molecule has 0 aromatic heterocycles. The van der Waals surface area contributed by atoms with E-state index in [1.807, 2.05) is 60.7 Å². The Morgan fingerprint density at radius 1 is 0.583 bits per heavy atom. The molecule has 0 radical (unpaired) electrons. The first-order valence-electron chi connectivity index (χ1n) is 11.9. The SMILES string of the molecule is O=C1c2ccccc2C(=O)N1CCCN1c2ccccc2N=C(c2ccccc2Cl)c2ccccc21. The minimum absolute atomic E-state index is 0.225. The van der Waals surface area contributed by atoms with Gasteiger partial charge in [0.15, 0.2) is 0 Å². The molecule has 2 aliphatic rings. The highest BCUT2D eigenvalue weighted by molar-refractivity contribution is 6.36. The van der Waals surface area contributed by atoms with Crippen molar-refractivity contribution < 1.29 is 9.59 Å². The van der Waals surface area contributed by atoms with Crippen molar-refractivity contribution in [2.24, 2.45) is 4.99 Å². The first kappa shape index (κ1) is 22.3. The van der Waals surface area contributed by atoms with E-state index in [-0.39, 0.29) is 11.8 Å². The van der Waals surface area contributed by atoms with Gasteiger partial charge in [-0.05, 0) is 42.8 Å². The highest BCUT2D eigenvalue weighted by Crippen LogP contribution is 2.41. The van der Waals surface area contributed by atoms with Crippen molar-refractivity contribution in [2.75, 3.05) is 18.0 Å². The van der Waals surface area contributed by atoms with Crippen molar-refractivity contribution in [3.63, 3.8) is 0 Å². The minimum Gasteiger partial charge on any atom is -0.339 e. The number of fused-ring (bicyclic) bond motifs is 3. The van der Waals surface area contributed by atoms with E-state index in [1.165, 1.54) is 4.90 Å². The summed E-state index contributed by atoms with van der Waals surface area (Å²) in [6.45, 7) is 0.943. The number of nitrogens with zero attached hydrogens (tertiary/aromatic N) is 3. The first-order valence-corrected chi connectivity index (χ1v) is 12.3. The lowest BCUT2D eigenvalue weighted by molar-refractivity contribution is 0.0653. The highest BCUT2D eigenvalue weighted by atomic mass is 35.5. The van der Waals surface area contributed by atoms with Gasteiger partial charge < -0.3 is 4.90 Å². The predicted octanol–water partition coefficient (Wildman–Crippen LogP) is 6.65. The number of halogens is 1. The van der Waals surface area contributed by atoms with Crippen LogP contribution in [0.3, 0.4) is 0 Å². The molecule has 36 heavy (non-hydrogen) atoms. The molecule has 176 valence electrons. The average molecular weight is 492 g/mol. The molecule has 2 heterocycles. The zero-order valence-corrected chi connectivity index (χ0v) is 20.2. The molecular weight excluding hydrogens is 470 g/mol. The van der Waals surface area contributed by atoms with Crippen LogP contribution in [0, 0.1) is 0 Å². The fraction of sp³-hybridized carbons (Fsp3) is 0.100. The molecule has 0 fully saturated rings. The van der Waals surface area contributed by atoms with Crippen molar-refractivity contribution in [1.82, 2.24) is 4.90 Å². The number of carbonyl (C=O) groups is 2. The molecule has 0 bridgehead atoms. The highest BCUT2D eigenvalue weighted by Gasteiger charge is 2.35. The number of hydrogen-bond acceptors (Lipinski definition) is 4. The molecule has 0 spiro atoms. The van der Waals surface area contributed by atoms with Crippen LogP contribution in [0.4, 0.5) is 17.1 Å². The van der Waals surface area contributed by atoms with Crippen LogP contribution in [0.15, 0.2) is 102 Å². The van der Waals surface area contributed by atoms with Crippen molar-refractivity contribution in [3.8, 4) is 0 Å². The number of anilines is 2. The topological polar surface area (TPSA) is 53.0 Å². The maximum atomic E-state index is 12.8. The lowest BCUT2D eigenvalue weighted by Gasteiger charge is -2.27. The van der Waals surface area contributed by atoms with Crippen molar-refractivity contribution in [3.05, 3.63) is 124 Å². The number of benzene rings is 4.